The van der Waals surface area contributed by atoms with Gasteiger partial charge in [-0.05, 0) is 6.92 Å². The number of alkyl halides is 3. The Morgan fingerprint density at radius 2 is 2.06 bits per heavy atom. The normalized spacial score (nSPS) is 13.2. The Labute approximate surface area is 99.4 Å². The second kappa shape index (κ2) is 4.67. The summed E-state index contributed by atoms with van der Waals surface area (Å²) in [5.41, 5.74) is -2.00. The van der Waals surface area contributed by atoms with Gasteiger partial charge >= 0.3 is 12.1 Å². The van der Waals surface area contributed by atoms with Crippen LogP contribution in [0.15, 0.2) is 6.20 Å². The maximum absolute atomic E-state index is 12.5. The molecule has 0 fully saturated rings. The zero-order valence-corrected chi connectivity index (χ0v) is 9.45. The summed E-state index contributed by atoms with van der Waals surface area (Å²) >= 11 is 0. The van der Waals surface area contributed by atoms with Crippen molar-refractivity contribution in [2.45, 2.75) is 19.1 Å². The molecule has 0 aliphatic carbocycles. The molecule has 1 heterocycles. The third-order valence-electron chi connectivity index (χ3n) is 2.41. The first-order valence-electron chi connectivity index (χ1n) is 4.76. The molecular weight excluding hydrogens is 255 g/mol. The number of H-pyrrole nitrogens is 1. The van der Waals surface area contributed by atoms with Crippen molar-refractivity contribution in [3.05, 3.63) is 17.5 Å². The lowest BCUT2D eigenvalue weighted by Gasteiger charge is -2.21. The van der Waals surface area contributed by atoms with Gasteiger partial charge < -0.3 is 10.0 Å². The molecule has 0 aliphatic rings. The summed E-state index contributed by atoms with van der Waals surface area (Å²) in [4.78, 5) is 23.1. The lowest BCUT2D eigenvalue weighted by molar-refractivity contribution is -0.141. The van der Waals surface area contributed by atoms with Gasteiger partial charge in [0, 0.05) is 7.05 Å². The molecule has 0 saturated heterocycles. The van der Waals surface area contributed by atoms with Crippen molar-refractivity contribution in [1.29, 1.82) is 0 Å². The molecule has 9 heteroatoms. The number of aromatic amines is 1. The fourth-order valence-electron chi connectivity index (χ4n) is 1.20. The average molecular weight is 265 g/mol. The van der Waals surface area contributed by atoms with Gasteiger partial charge in [0.15, 0.2) is 5.69 Å². The zero-order valence-electron chi connectivity index (χ0n) is 9.45. The zero-order chi connectivity index (χ0) is 14.1. The van der Waals surface area contributed by atoms with Crippen LogP contribution in [0.3, 0.4) is 0 Å². The molecular formula is C9H10F3N3O3. The summed E-state index contributed by atoms with van der Waals surface area (Å²) < 4.78 is 37.5. The minimum atomic E-state index is -4.76. The van der Waals surface area contributed by atoms with Crippen LogP contribution in [0.5, 0.6) is 0 Å². The number of aromatic nitrogens is 2. The second-order valence-corrected chi connectivity index (χ2v) is 3.59. The number of hydrogen-bond acceptors (Lipinski definition) is 3. The summed E-state index contributed by atoms with van der Waals surface area (Å²) in [6.07, 6.45) is -4.04. The fourth-order valence-corrected chi connectivity index (χ4v) is 1.20. The summed E-state index contributed by atoms with van der Waals surface area (Å²) in [7, 11) is 1.11. The quantitative estimate of drug-likeness (QED) is 0.852. The number of aliphatic carboxylic acids is 1. The first-order chi connectivity index (χ1) is 8.16. The summed E-state index contributed by atoms with van der Waals surface area (Å²) in [5, 5.41) is 13.5. The minimum absolute atomic E-state index is 0.697. The molecule has 6 nitrogen and oxygen atoms in total. The Morgan fingerprint density at radius 3 is 2.50 bits per heavy atom. The molecule has 0 aromatic carbocycles. The number of carbonyl (C=O) groups excluding carboxylic acids is 1. The predicted octanol–water partition coefficient (Wildman–Crippen LogP) is 0.974. The Bertz CT molecular complexity index is 469. The van der Waals surface area contributed by atoms with Gasteiger partial charge in [-0.15, -0.1) is 0 Å². The number of nitrogens with zero attached hydrogens (tertiary/aromatic N) is 2. The monoisotopic (exact) mass is 265 g/mol. The van der Waals surface area contributed by atoms with Gasteiger partial charge in [-0.3, -0.25) is 9.89 Å². The highest BCUT2D eigenvalue weighted by atomic mass is 19.4. The number of rotatable bonds is 3. The molecule has 0 spiro atoms. The molecule has 1 rings (SSSR count). The first-order valence-corrected chi connectivity index (χ1v) is 4.76. The Morgan fingerprint density at radius 1 is 1.50 bits per heavy atom. The molecule has 1 amide bonds. The van der Waals surface area contributed by atoms with Crippen LogP contribution in [0.4, 0.5) is 13.2 Å². The van der Waals surface area contributed by atoms with Crippen LogP contribution in [0.2, 0.25) is 0 Å². The maximum Gasteiger partial charge on any atom is 0.433 e. The van der Waals surface area contributed by atoms with Crippen molar-refractivity contribution in [2.75, 3.05) is 7.05 Å². The van der Waals surface area contributed by atoms with Crippen LogP contribution in [-0.2, 0) is 11.0 Å². The number of hydrogen-bond donors (Lipinski definition) is 2. The topological polar surface area (TPSA) is 86.3 Å². The van der Waals surface area contributed by atoms with Crippen LogP contribution in [0, 0.1) is 0 Å². The Balaban J connectivity index is 3.06. The minimum Gasteiger partial charge on any atom is -0.480 e. The summed E-state index contributed by atoms with van der Waals surface area (Å²) in [6.45, 7) is 1.19. The summed E-state index contributed by atoms with van der Waals surface area (Å²) in [6, 6.07) is -1.24. The molecule has 100 valence electrons. The van der Waals surface area contributed by atoms with Gasteiger partial charge in [0.1, 0.15) is 6.04 Å². The molecule has 0 bridgehead atoms. The van der Waals surface area contributed by atoms with Crippen molar-refractivity contribution in [3.8, 4) is 0 Å². The van der Waals surface area contributed by atoms with E-state index >= 15 is 0 Å². The number of carboxylic acid groups (broad SMARTS) is 1. The molecule has 1 aromatic heterocycles. The van der Waals surface area contributed by atoms with E-state index < -0.39 is 35.4 Å². The third kappa shape index (κ3) is 2.60. The highest BCUT2D eigenvalue weighted by Crippen LogP contribution is 2.30. The van der Waals surface area contributed by atoms with Gasteiger partial charge in [-0.2, -0.15) is 18.3 Å². The average Bonchev–Trinajstić information content (AvgIpc) is 2.74. The van der Waals surface area contributed by atoms with Crippen LogP contribution >= 0.6 is 0 Å². The van der Waals surface area contributed by atoms with Crippen LogP contribution < -0.4 is 0 Å². The number of amides is 1. The largest absolute Gasteiger partial charge is 0.480 e. The number of carbonyl (C=O) groups is 2. The highest BCUT2D eigenvalue weighted by molar-refractivity contribution is 5.97. The van der Waals surface area contributed by atoms with Gasteiger partial charge in [0.2, 0.25) is 0 Å². The van der Waals surface area contributed by atoms with E-state index in [1.165, 1.54) is 6.92 Å². The van der Waals surface area contributed by atoms with Crippen LogP contribution in [0.1, 0.15) is 23.0 Å². The van der Waals surface area contributed by atoms with Crippen molar-refractivity contribution < 1.29 is 27.9 Å². The molecule has 18 heavy (non-hydrogen) atoms. The van der Waals surface area contributed by atoms with E-state index in [1.807, 2.05) is 0 Å². The molecule has 1 unspecified atom stereocenters. The smallest absolute Gasteiger partial charge is 0.433 e. The lowest BCUT2D eigenvalue weighted by Crippen LogP contribution is -2.40. The SMILES string of the molecule is CC(C(=O)O)N(C)C(=O)c1cn[nH]c1C(F)(F)F. The van der Waals surface area contributed by atoms with Gasteiger partial charge in [-0.1, -0.05) is 0 Å². The maximum atomic E-state index is 12.5. The fraction of sp³-hybridized carbons (Fsp3) is 0.444. The summed E-state index contributed by atoms with van der Waals surface area (Å²) in [5.74, 6) is -2.38. The van der Waals surface area contributed by atoms with E-state index in [9.17, 15) is 22.8 Å². The molecule has 2 N–H and O–H groups in total. The predicted molar refractivity (Wildman–Crippen MR) is 52.8 cm³/mol. The van der Waals surface area contributed by atoms with E-state index in [4.69, 9.17) is 5.11 Å². The Hall–Kier alpha value is -2.06. The lowest BCUT2D eigenvalue weighted by atomic mass is 10.2. The van der Waals surface area contributed by atoms with E-state index in [0.29, 0.717) is 4.90 Å². The van der Waals surface area contributed by atoms with Crippen molar-refractivity contribution in [2.24, 2.45) is 0 Å². The molecule has 1 atom stereocenters. The van der Waals surface area contributed by atoms with Crippen molar-refractivity contribution in [1.82, 2.24) is 15.1 Å². The number of halogens is 3. The van der Waals surface area contributed by atoms with Gasteiger partial charge in [-0.25, -0.2) is 4.79 Å². The van der Waals surface area contributed by atoms with E-state index in [-0.39, 0.29) is 0 Å². The number of likely N-dealkylation sites (N-methyl/N-ethyl adjacent to an activating group) is 1. The van der Waals surface area contributed by atoms with Crippen LogP contribution in [-0.4, -0.2) is 45.2 Å². The number of nitrogens with one attached hydrogen (secondary N) is 1. The van der Waals surface area contributed by atoms with E-state index in [2.05, 4.69) is 5.10 Å². The Kier molecular flexibility index (Phi) is 3.63. The number of carboxylic acids is 1. The molecule has 0 aliphatic heterocycles. The highest BCUT2D eigenvalue weighted by Gasteiger charge is 2.39. The van der Waals surface area contributed by atoms with Gasteiger partial charge in [0.25, 0.3) is 5.91 Å². The van der Waals surface area contributed by atoms with E-state index in [1.54, 1.807) is 5.10 Å². The van der Waals surface area contributed by atoms with E-state index in [0.717, 1.165) is 13.2 Å². The molecule has 1 aromatic rings. The molecule has 0 saturated carbocycles. The molecule has 0 radical (unpaired) electrons. The van der Waals surface area contributed by atoms with Crippen molar-refractivity contribution >= 4 is 11.9 Å². The first kappa shape index (κ1) is 14.0. The van der Waals surface area contributed by atoms with Gasteiger partial charge in [0.05, 0.1) is 11.8 Å². The third-order valence-corrected chi connectivity index (χ3v) is 2.41. The standard InChI is InChI=1S/C9H10F3N3O3/c1-4(8(17)18)15(2)7(16)5-3-13-14-6(5)9(10,11)12/h3-4H,1-2H3,(H,13,14)(H,17,18). The second-order valence-electron chi connectivity index (χ2n) is 3.59. The van der Waals surface area contributed by atoms with Crippen molar-refractivity contribution in [3.63, 3.8) is 0 Å². The van der Waals surface area contributed by atoms with Crippen LogP contribution in [0.25, 0.3) is 0 Å².